The number of carbonyl (C=O) groups excluding carboxylic acids is 2. The van der Waals surface area contributed by atoms with Crippen LogP contribution in [0.3, 0.4) is 0 Å². The summed E-state index contributed by atoms with van der Waals surface area (Å²) in [4.78, 5) is 18.9. The molecule has 0 radical (unpaired) electrons. The predicted molar refractivity (Wildman–Crippen MR) is 68.9 cm³/mol. The lowest BCUT2D eigenvalue weighted by Crippen LogP contribution is -2.64. The standard InChI is InChI=1S/C2N10.2CH5N3O.2H2O/c3(1-5-9-10-6-1)4-2-7-11-12-8-2;2*2-1(5)4-3;;/h;2*3H2,(H3,2,4,5);2*1H2/q-2;;;;/p+2/b4-3+;;;;. The molecule has 24 heavy (non-hydrogen) atoms. The average Bonchev–Trinajstić information content (AvgIpc) is 3.19. The minimum absolute atomic E-state index is 0. The number of nitrogens with two attached hydrogens (primary N) is 2. The molecular formula is C4H16N16O4. The molecule has 0 saturated carbocycles. The molecule has 0 unspecified atom stereocenters. The summed E-state index contributed by atoms with van der Waals surface area (Å²) in [5.41, 5.74) is 9.32. The van der Waals surface area contributed by atoms with Gasteiger partial charge < -0.3 is 11.0 Å². The number of urea groups is 2. The molecule has 2 aromatic rings. The van der Waals surface area contributed by atoms with Crippen molar-refractivity contribution in [2.45, 2.75) is 0 Å². The molecule has 2 rings (SSSR count). The van der Waals surface area contributed by atoms with Gasteiger partial charge in [0.15, 0.2) is 0 Å². The molecule has 0 aliphatic rings. The fourth-order valence-corrected chi connectivity index (χ4v) is 0.449. The molecule has 0 aliphatic heterocycles. The van der Waals surface area contributed by atoms with Gasteiger partial charge in [-0.25, -0.2) is 42.3 Å². The maximum atomic E-state index is 9.47. The van der Waals surface area contributed by atoms with Crippen molar-refractivity contribution in [3.63, 3.8) is 0 Å². The minimum atomic E-state index is -0.468. The predicted octanol–water partition coefficient (Wildman–Crippen LogP) is -7.64. The number of tetrazole rings is 2. The van der Waals surface area contributed by atoms with E-state index in [9.17, 15) is 9.59 Å². The number of nitrogens with zero attached hydrogens (tertiary/aromatic N) is 10. The van der Waals surface area contributed by atoms with Crippen molar-refractivity contribution in [2.75, 3.05) is 0 Å². The first-order valence-electron chi connectivity index (χ1n) is 4.93. The lowest BCUT2D eigenvalue weighted by Gasteiger charge is -1.91. The van der Waals surface area contributed by atoms with E-state index < -0.39 is 12.1 Å². The van der Waals surface area contributed by atoms with Crippen molar-refractivity contribution in [3.05, 3.63) is 0 Å². The highest BCUT2D eigenvalue weighted by molar-refractivity contribution is 5.60. The molecule has 4 amide bonds. The molecule has 136 valence electrons. The van der Waals surface area contributed by atoms with Gasteiger partial charge in [-0.15, -0.1) is 10.4 Å². The summed E-state index contributed by atoms with van der Waals surface area (Å²) < 4.78 is 0. The first-order valence-corrected chi connectivity index (χ1v) is 4.93. The largest absolute Gasteiger partial charge is 0.425 e. The van der Waals surface area contributed by atoms with E-state index in [1.807, 2.05) is 0 Å². The normalized spacial score (nSPS) is 8.33. The van der Waals surface area contributed by atoms with Crippen LogP contribution in [0.15, 0.2) is 10.2 Å². The number of hydrogen-bond donors (Lipinski definition) is 6. The smallest absolute Gasteiger partial charge is 0.412 e. The van der Waals surface area contributed by atoms with Gasteiger partial charge in [-0.1, -0.05) is 0 Å². The summed E-state index contributed by atoms with van der Waals surface area (Å²) in [5, 5.41) is 33.3. The Morgan fingerprint density at radius 1 is 0.875 bits per heavy atom. The third kappa shape index (κ3) is 14.8. The first-order chi connectivity index (χ1) is 10.5. The monoisotopic (exact) mass is 352 g/mol. The number of hydrazine groups is 2. The van der Waals surface area contributed by atoms with E-state index in [4.69, 9.17) is 0 Å². The van der Waals surface area contributed by atoms with Gasteiger partial charge in [-0.3, -0.25) is 31.9 Å². The number of hydrogen-bond acceptors (Lipinski definition) is 12. The Morgan fingerprint density at radius 3 is 1.33 bits per heavy atom. The molecule has 0 spiro atoms. The number of aromatic nitrogens is 8. The molecule has 0 saturated heterocycles. The summed E-state index contributed by atoms with van der Waals surface area (Å²) in [6.07, 6.45) is 0. The zero-order chi connectivity index (χ0) is 16.8. The van der Waals surface area contributed by atoms with Gasteiger partial charge in [0, 0.05) is 0 Å². The Bertz CT molecular complexity index is 498. The van der Waals surface area contributed by atoms with Crippen LogP contribution in [0.4, 0.5) is 21.5 Å². The fourth-order valence-electron chi connectivity index (χ4n) is 0.449. The van der Waals surface area contributed by atoms with E-state index in [1.54, 1.807) is 10.9 Å². The zero-order valence-electron chi connectivity index (χ0n) is 11.9. The number of amides is 4. The van der Waals surface area contributed by atoms with Crippen molar-refractivity contribution < 1.29 is 32.0 Å². The maximum Gasteiger partial charge on any atom is 0.425 e. The zero-order valence-corrected chi connectivity index (χ0v) is 11.9. The highest BCUT2D eigenvalue weighted by Crippen LogP contribution is 2.03. The lowest BCUT2D eigenvalue weighted by atomic mass is 11.1. The Hall–Kier alpha value is -3.56. The molecular weight excluding hydrogens is 336 g/mol. The van der Waals surface area contributed by atoms with Crippen molar-refractivity contribution in [1.29, 1.82) is 0 Å². The molecule has 0 bridgehead atoms. The quantitative estimate of drug-likeness (QED) is 0.127. The Balaban J connectivity index is -0.000000316. The number of carbonyl (C=O) groups is 2. The number of rotatable bonds is 2. The van der Waals surface area contributed by atoms with Gasteiger partial charge in [0.25, 0.3) is 0 Å². The van der Waals surface area contributed by atoms with Crippen molar-refractivity contribution in [2.24, 2.45) is 21.9 Å². The van der Waals surface area contributed by atoms with Gasteiger partial charge in [0.1, 0.15) is 11.9 Å². The summed E-state index contributed by atoms with van der Waals surface area (Å²) in [6, 6.07) is -0.935. The van der Waals surface area contributed by atoms with Crippen LogP contribution in [0.1, 0.15) is 0 Å². The molecule has 0 atom stereocenters. The highest BCUT2D eigenvalue weighted by atomic mass is 16.2. The van der Waals surface area contributed by atoms with E-state index in [1.165, 1.54) is 0 Å². The fraction of sp³-hybridized carbons (Fsp3) is 0. The molecule has 0 aliphatic carbocycles. The Labute approximate surface area is 131 Å². The number of azo groups is 1. The molecule has 2 heterocycles. The molecule has 0 aromatic carbocycles. The van der Waals surface area contributed by atoms with Gasteiger partial charge >= 0.3 is 12.1 Å². The lowest BCUT2D eigenvalue weighted by molar-refractivity contribution is -0.251. The topological polar surface area (TPSA) is 359 Å². The van der Waals surface area contributed by atoms with E-state index >= 15 is 0 Å². The van der Waals surface area contributed by atoms with E-state index in [2.05, 4.69) is 74.6 Å². The molecule has 20 heteroatoms. The van der Waals surface area contributed by atoms with Crippen LogP contribution >= 0.6 is 0 Å². The second-order valence-electron chi connectivity index (χ2n) is 2.69. The summed E-state index contributed by atoms with van der Waals surface area (Å²) >= 11 is 0. The van der Waals surface area contributed by atoms with Gasteiger partial charge in [-0.2, -0.15) is 10.4 Å². The molecule has 16 N–H and O–H groups in total. The van der Waals surface area contributed by atoms with Crippen LogP contribution in [0.5, 0.6) is 0 Å². The van der Waals surface area contributed by atoms with E-state index in [-0.39, 0.29) is 22.8 Å². The first kappa shape index (κ1) is 25.4. The minimum Gasteiger partial charge on any atom is -0.412 e. The Kier molecular flexibility index (Phi) is 16.7. The molecule has 20 nitrogen and oxygen atoms in total. The van der Waals surface area contributed by atoms with Crippen LogP contribution in [-0.2, 0) is 0 Å². The van der Waals surface area contributed by atoms with Gasteiger partial charge in [-0.05, 0) is 0 Å². The molecule has 0 fully saturated rings. The maximum absolute atomic E-state index is 9.47. The van der Waals surface area contributed by atoms with Crippen molar-refractivity contribution >= 4 is 24.0 Å². The summed E-state index contributed by atoms with van der Waals surface area (Å²) in [7, 11) is 0. The van der Waals surface area contributed by atoms with Gasteiger partial charge in [0.2, 0.25) is 0 Å². The van der Waals surface area contributed by atoms with Crippen molar-refractivity contribution in [3.8, 4) is 0 Å². The number of quaternary nitrogens is 2. The second kappa shape index (κ2) is 15.8. The van der Waals surface area contributed by atoms with Crippen LogP contribution < -0.4 is 44.2 Å². The van der Waals surface area contributed by atoms with Crippen LogP contribution in [-0.4, -0.2) is 54.1 Å². The highest BCUT2D eigenvalue weighted by Gasteiger charge is 1.81. The van der Waals surface area contributed by atoms with Crippen LogP contribution in [0.2, 0.25) is 0 Å². The average molecular weight is 352 g/mol. The van der Waals surface area contributed by atoms with Crippen LogP contribution in [0.25, 0.3) is 0 Å². The third-order valence-electron chi connectivity index (χ3n) is 1.17. The third-order valence-corrected chi connectivity index (χ3v) is 1.17. The number of nitrogens with one attached hydrogen (secondary N) is 2. The molecule has 2 aromatic heterocycles. The summed E-state index contributed by atoms with van der Waals surface area (Å²) in [5.74, 6) is 9.10. The second-order valence-corrected chi connectivity index (χ2v) is 2.69. The van der Waals surface area contributed by atoms with E-state index in [0.29, 0.717) is 0 Å². The van der Waals surface area contributed by atoms with Crippen molar-refractivity contribution in [1.82, 2.24) is 52.1 Å². The van der Waals surface area contributed by atoms with Gasteiger partial charge in [0.05, 0.1) is 0 Å². The summed E-state index contributed by atoms with van der Waals surface area (Å²) in [6.45, 7) is 0. The van der Waals surface area contributed by atoms with E-state index in [0.717, 1.165) is 0 Å². The van der Waals surface area contributed by atoms with Crippen LogP contribution in [0, 0.1) is 0 Å². The Morgan fingerprint density at radius 2 is 1.17 bits per heavy atom. The SMILES string of the molecule is N(=N\c1nnn[n-]1)/c1nnn[n-]1.NNC([NH3+])=O.NNC([NH3+])=O.O.O.